The molecule has 0 aromatic carbocycles. The third-order valence-electron chi connectivity index (χ3n) is 2.37. The number of nitrogens with one attached hydrogen (secondary N) is 2. The SMILES string of the molecule is Cc1cncc(NC(=O)c2cc(Br)cnc2NN)c1. The summed E-state index contributed by atoms with van der Waals surface area (Å²) in [5.41, 5.74) is 4.32. The Kier molecular flexibility index (Phi) is 4.08. The summed E-state index contributed by atoms with van der Waals surface area (Å²) in [5, 5.41) is 2.74. The summed E-state index contributed by atoms with van der Waals surface area (Å²) in [7, 11) is 0. The molecular formula is C12H12BrN5O. The minimum atomic E-state index is -0.311. The van der Waals surface area contributed by atoms with Crippen LogP contribution in [0.15, 0.2) is 35.2 Å². The van der Waals surface area contributed by atoms with Crippen LogP contribution in [0.4, 0.5) is 11.5 Å². The number of carbonyl (C=O) groups excluding carboxylic acids is 1. The van der Waals surface area contributed by atoms with Gasteiger partial charge in [-0.1, -0.05) is 0 Å². The molecule has 0 spiro atoms. The molecule has 2 rings (SSSR count). The Morgan fingerprint density at radius 1 is 1.32 bits per heavy atom. The van der Waals surface area contributed by atoms with Gasteiger partial charge in [0.25, 0.3) is 5.91 Å². The molecule has 2 aromatic rings. The molecule has 0 aliphatic rings. The van der Waals surface area contributed by atoms with E-state index in [1.54, 1.807) is 24.7 Å². The van der Waals surface area contributed by atoms with Crippen LogP contribution in [0, 0.1) is 6.92 Å². The second-order valence-electron chi connectivity index (χ2n) is 3.90. The van der Waals surface area contributed by atoms with Crippen molar-refractivity contribution in [2.45, 2.75) is 6.92 Å². The maximum Gasteiger partial charge on any atom is 0.259 e. The van der Waals surface area contributed by atoms with Gasteiger partial charge in [-0.3, -0.25) is 9.78 Å². The van der Waals surface area contributed by atoms with Crippen LogP contribution in [-0.2, 0) is 0 Å². The summed E-state index contributed by atoms with van der Waals surface area (Å²) in [6.45, 7) is 1.90. The molecule has 0 fully saturated rings. The topological polar surface area (TPSA) is 92.9 Å². The largest absolute Gasteiger partial charge is 0.320 e. The summed E-state index contributed by atoms with van der Waals surface area (Å²) in [6.07, 6.45) is 4.84. The second-order valence-corrected chi connectivity index (χ2v) is 4.81. The lowest BCUT2D eigenvalue weighted by Gasteiger charge is -2.09. The van der Waals surface area contributed by atoms with E-state index in [0.29, 0.717) is 21.5 Å². The highest BCUT2D eigenvalue weighted by Crippen LogP contribution is 2.19. The zero-order valence-electron chi connectivity index (χ0n) is 10.1. The molecule has 0 saturated carbocycles. The van der Waals surface area contributed by atoms with Gasteiger partial charge in [-0.15, -0.1) is 0 Å². The van der Waals surface area contributed by atoms with Gasteiger partial charge in [-0.2, -0.15) is 0 Å². The molecule has 4 N–H and O–H groups in total. The summed E-state index contributed by atoms with van der Waals surface area (Å²) < 4.78 is 0.694. The maximum absolute atomic E-state index is 12.2. The molecule has 0 aliphatic heterocycles. The van der Waals surface area contributed by atoms with Crippen LogP contribution < -0.4 is 16.6 Å². The van der Waals surface area contributed by atoms with E-state index in [4.69, 9.17) is 5.84 Å². The number of hydrazine groups is 1. The first-order valence-electron chi connectivity index (χ1n) is 5.45. The van der Waals surface area contributed by atoms with Crippen molar-refractivity contribution in [1.29, 1.82) is 0 Å². The molecule has 1 amide bonds. The molecule has 0 saturated heterocycles. The first-order valence-corrected chi connectivity index (χ1v) is 6.24. The van der Waals surface area contributed by atoms with E-state index in [9.17, 15) is 4.79 Å². The number of hydrogen-bond acceptors (Lipinski definition) is 5. The summed E-state index contributed by atoms with van der Waals surface area (Å²) in [4.78, 5) is 20.2. The molecule has 0 radical (unpaired) electrons. The van der Waals surface area contributed by atoms with Crippen LogP contribution in [0.25, 0.3) is 0 Å². The molecular weight excluding hydrogens is 310 g/mol. The van der Waals surface area contributed by atoms with Crippen LogP contribution >= 0.6 is 15.9 Å². The Labute approximate surface area is 118 Å². The molecule has 0 unspecified atom stereocenters. The van der Waals surface area contributed by atoms with E-state index in [2.05, 4.69) is 36.6 Å². The zero-order chi connectivity index (χ0) is 13.8. The van der Waals surface area contributed by atoms with Gasteiger partial charge >= 0.3 is 0 Å². The van der Waals surface area contributed by atoms with E-state index in [1.807, 2.05) is 13.0 Å². The number of nitrogens with two attached hydrogens (primary N) is 1. The third kappa shape index (κ3) is 3.27. The standard InChI is InChI=1S/C12H12BrN5O/c1-7-2-9(6-15-4-7)17-12(19)10-3-8(13)5-16-11(10)18-14/h2-6H,14H2,1H3,(H,16,18)(H,17,19). The third-order valence-corrected chi connectivity index (χ3v) is 2.80. The lowest BCUT2D eigenvalue weighted by Crippen LogP contribution is -2.18. The van der Waals surface area contributed by atoms with Gasteiger partial charge in [0.1, 0.15) is 0 Å². The van der Waals surface area contributed by atoms with Crippen molar-refractivity contribution >= 4 is 33.3 Å². The van der Waals surface area contributed by atoms with Crippen molar-refractivity contribution in [3.63, 3.8) is 0 Å². The summed E-state index contributed by atoms with van der Waals surface area (Å²) >= 11 is 3.27. The predicted molar refractivity (Wildman–Crippen MR) is 76.7 cm³/mol. The summed E-state index contributed by atoms with van der Waals surface area (Å²) in [5.74, 6) is 5.33. The van der Waals surface area contributed by atoms with Crippen molar-refractivity contribution in [2.24, 2.45) is 5.84 Å². The maximum atomic E-state index is 12.2. The highest BCUT2D eigenvalue weighted by Gasteiger charge is 2.13. The highest BCUT2D eigenvalue weighted by atomic mass is 79.9. The molecule has 2 aromatic heterocycles. The van der Waals surface area contributed by atoms with E-state index in [0.717, 1.165) is 5.56 Å². The van der Waals surface area contributed by atoms with E-state index >= 15 is 0 Å². The number of anilines is 2. The first-order chi connectivity index (χ1) is 9.10. The van der Waals surface area contributed by atoms with Gasteiger partial charge in [0.15, 0.2) is 5.82 Å². The monoisotopic (exact) mass is 321 g/mol. The average molecular weight is 322 g/mol. The van der Waals surface area contributed by atoms with Gasteiger partial charge in [0.05, 0.1) is 17.4 Å². The van der Waals surface area contributed by atoms with Crippen molar-refractivity contribution in [3.05, 3.63) is 46.3 Å². The van der Waals surface area contributed by atoms with Crippen molar-refractivity contribution in [1.82, 2.24) is 9.97 Å². The number of nitrogens with zero attached hydrogens (tertiary/aromatic N) is 2. The minimum absolute atomic E-state index is 0.307. The number of aromatic nitrogens is 2. The second kappa shape index (κ2) is 5.77. The number of carbonyl (C=O) groups is 1. The quantitative estimate of drug-likeness (QED) is 0.594. The molecule has 0 bridgehead atoms. The van der Waals surface area contributed by atoms with Gasteiger partial charge < -0.3 is 10.7 Å². The van der Waals surface area contributed by atoms with Gasteiger partial charge in [-0.25, -0.2) is 10.8 Å². The number of aryl methyl sites for hydroxylation is 1. The van der Waals surface area contributed by atoms with E-state index in [-0.39, 0.29) is 5.91 Å². The molecule has 2 heterocycles. The Hall–Kier alpha value is -1.99. The zero-order valence-corrected chi connectivity index (χ0v) is 11.7. The van der Waals surface area contributed by atoms with Gasteiger partial charge in [-0.05, 0) is 40.5 Å². The lowest BCUT2D eigenvalue weighted by molar-refractivity contribution is 0.102. The highest BCUT2D eigenvalue weighted by molar-refractivity contribution is 9.10. The number of nitrogen functional groups attached to an aromatic ring is 1. The number of amides is 1. The average Bonchev–Trinajstić information content (AvgIpc) is 2.38. The lowest BCUT2D eigenvalue weighted by atomic mass is 10.2. The Morgan fingerprint density at radius 2 is 2.11 bits per heavy atom. The Balaban J connectivity index is 2.27. The fraction of sp³-hybridized carbons (Fsp3) is 0.0833. The van der Waals surface area contributed by atoms with Gasteiger partial charge in [0, 0.05) is 16.9 Å². The van der Waals surface area contributed by atoms with Crippen molar-refractivity contribution in [3.8, 4) is 0 Å². The van der Waals surface area contributed by atoms with Crippen molar-refractivity contribution in [2.75, 3.05) is 10.7 Å². The van der Waals surface area contributed by atoms with Gasteiger partial charge in [0.2, 0.25) is 0 Å². The van der Waals surface area contributed by atoms with E-state index < -0.39 is 0 Å². The first kappa shape index (κ1) is 13.4. The molecule has 6 nitrogen and oxygen atoms in total. The van der Waals surface area contributed by atoms with Crippen LogP contribution in [0.2, 0.25) is 0 Å². The fourth-order valence-corrected chi connectivity index (χ4v) is 1.88. The van der Waals surface area contributed by atoms with Crippen molar-refractivity contribution < 1.29 is 4.79 Å². The number of halogens is 1. The minimum Gasteiger partial charge on any atom is -0.320 e. The fourth-order valence-electron chi connectivity index (χ4n) is 1.55. The number of hydrogen-bond donors (Lipinski definition) is 3. The predicted octanol–water partition coefficient (Wildman–Crippen LogP) is 2.09. The molecule has 19 heavy (non-hydrogen) atoms. The molecule has 98 valence electrons. The molecule has 0 atom stereocenters. The Bertz CT molecular complexity index is 617. The molecule has 7 heteroatoms. The number of rotatable bonds is 3. The van der Waals surface area contributed by atoms with Crippen LogP contribution in [0.5, 0.6) is 0 Å². The van der Waals surface area contributed by atoms with Crippen LogP contribution in [0.3, 0.4) is 0 Å². The number of pyridine rings is 2. The molecule has 0 aliphatic carbocycles. The summed E-state index contributed by atoms with van der Waals surface area (Å²) in [6, 6.07) is 3.46. The van der Waals surface area contributed by atoms with E-state index in [1.165, 1.54) is 0 Å². The van der Waals surface area contributed by atoms with Crippen LogP contribution in [-0.4, -0.2) is 15.9 Å². The normalized spacial score (nSPS) is 10.1. The smallest absolute Gasteiger partial charge is 0.259 e. The Morgan fingerprint density at radius 3 is 2.79 bits per heavy atom. The van der Waals surface area contributed by atoms with Crippen LogP contribution in [0.1, 0.15) is 15.9 Å².